The first-order valence-corrected chi connectivity index (χ1v) is 8.92. The molecule has 0 heterocycles. The van der Waals surface area contributed by atoms with Gasteiger partial charge in [-0.25, -0.2) is 8.42 Å². The van der Waals surface area contributed by atoms with Crippen molar-refractivity contribution in [3.05, 3.63) is 23.2 Å². The van der Waals surface area contributed by atoms with Crippen LogP contribution in [0.25, 0.3) is 0 Å². The molecule has 0 aliphatic carbocycles. The first-order chi connectivity index (χ1) is 9.55. The Kier molecular flexibility index (Phi) is 5.90. The number of benzene rings is 1. The summed E-state index contributed by atoms with van der Waals surface area (Å²) < 4.78 is 27.6. The second kappa shape index (κ2) is 6.85. The highest BCUT2D eigenvalue weighted by molar-refractivity contribution is 8.13. The predicted molar refractivity (Wildman–Crippen MR) is 82.5 cm³/mol. The van der Waals surface area contributed by atoms with Crippen LogP contribution in [0, 0.1) is 0 Å². The van der Waals surface area contributed by atoms with Crippen molar-refractivity contribution in [1.82, 2.24) is 5.32 Å². The Balaban J connectivity index is 2.71. The summed E-state index contributed by atoms with van der Waals surface area (Å²) in [6.45, 7) is 5.55. The zero-order valence-electron chi connectivity index (χ0n) is 11.9. The van der Waals surface area contributed by atoms with Gasteiger partial charge in [0.05, 0.1) is 9.92 Å². The molecule has 1 amide bonds. The molecule has 0 spiro atoms. The minimum Gasteiger partial charge on any atom is -0.482 e. The molecule has 0 saturated heterocycles. The molecule has 118 valence electrons. The fourth-order valence-electron chi connectivity index (χ4n) is 1.40. The molecule has 0 fully saturated rings. The number of carbonyl (C=O) groups is 1. The van der Waals surface area contributed by atoms with Gasteiger partial charge >= 0.3 is 0 Å². The van der Waals surface area contributed by atoms with E-state index in [2.05, 4.69) is 5.32 Å². The van der Waals surface area contributed by atoms with Crippen molar-refractivity contribution >= 4 is 37.2 Å². The van der Waals surface area contributed by atoms with E-state index in [9.17, 15) is 13.2 Å². The fraction of sp³-hybridized carbons (Fsp3) is 0.462. The molecule has 0 saturated carbocycles. The zero-order chi connectivity index (χ0) is 16.3. The van der Waals surface area contributed by atoms with Gasteiger partial charge in [0.25, 0.3) is 15.0 Å². The topological polar surface area (TPSA) is 72.5 Å². The smallest absolute Gasteiger partial charge is 0.261 e. The molecule has 1 N–H and O–H groups in total. The molecule has 8 heteroatoms. The van der Waals surface area contributed by atoms with Gasteiger partial charge in [-0.05, 0) is 38.5 Å². The summed E-state index contributed by atoms with van der Waals surface area (Å²) in [5.41, 5.74) is -0.319. The number of ether oxygens (including phenoxy) is 1. The van der Waals surface area contributed by atoms with Gasteiger partial charge in [-0.15, -0.1) is 0 Å². The third-order valence-electron chi connectivity index (χ3n) is 2.91. The molecule has 1 rings (SSSR count). The highest BCUT2D eigenvalue weighted by Crippen LogP contribution is 2.28. The molecule has 0 aliphatic rings. The summed E-state index contributed by atoms with van der Waals surface area (Å²) in [6, 6.07) is 3.79. The van der Waals surface area contributed by atoms with Crippen LogP contribution < -0.4 is 10.1 Å². The Hall–Kier alpha value is -0.980. The van der Waals surface area contributed by atoms with E-state index in [0.717, 1.165) is 6.42 Å². The SMILES string of the molecule is CCC(C)(C)NC(=O)COc1ccc(S(=O)(=O)Cl)cc1Cl. The predicted octanol–water partition coefficient (Wildman–Crippen LogP) is 2.95. The maximum Gasteiger partial charge on any atom is 0.261 e. The zero-order valence-corrected chi connectivity index (χ0v) is 14.3. The van der Waals surface area contributed by atoms with Crippen LogP contribution in [0.3, 0.4) is 0 Å². The van der Waals surface area contributed by atoms with Crippen LogP contribution in [0.5, 0.6) is 5.75 Å². The Morgan fingerprint density at radius 1 is 1.38 bits per heavy atom. The highest BCUT2D eigenvalue weighted by atomic mass is 35.7. The van der Waals surface area contributed by atoms with Crippen LogP contribution in [0.2, 0.25) is 5.02 Å². The molecular weight excluding hydrogens is 337 g/mol. The van der Waals surface area contributed by atoms with Gasteiger partial charge in [-0.3, -0.25) is 4.79 Å². The van der Waals surface area contributed by atoms with Gasteiger partial charge in [-0.1, -0.05) is 18.5 Å². The van der Waals surface area contributed by atoms with Gasteiger partial charge in [0.1, 0.15) is 5.75 Å². The molecule has 0 aliphatic heterocycles. The summed E-state index contributed by atoms with van der Waals surface area (Å²) in [7, 11) is 1.36. The van der Waals surface area contributed by atoms with E-state index < -0.39 is 9.05 Å². The third kappa shape index (κ3) is 5.73. The van der Waals surface area contributed by atoms with Crippen molar-refractivity contribution < 1.29 is 17.9 Å². The molecule has 0 aromatic heterocycles. The van der Waals surface area contributed by atoms with Gasteiger partial charge in [0.15, 0.2) is 6.61 Å². The van der Waals surface area contributed by atoms with Crippen molar-refractivity contribution in [2.24, 2.45) is 0 Å². The van der Waals surface area contributed by atoms with Crippen molar-refractivity contribution in [3.63, 3.8) is 0 Å². The van der Waals surface area contributed by atoms with Crippen molar-refractivity contribution in [2.45, 2.75) is 37.6 Å². The maximum absolute atomic E-state index is 11.7. The van der Waals surface area contributed by atoms with E-state index in [1.165, 1.54) is 18.2 Å². The molecule has 5 nitrogen and oxygen atoms in total. The molecule has 1 aromatic carbocycles. The monoisotopic (exact) mass is 353 g/mol. The quantitative estimate of drug-likeness (QED) is 0.798. The lowest BCUT2D eigenvalue weighted by Gasteiger charge is -2.24. The first-order valence-electron chi connectivity index (χ1n) is 6.23. The average molecular weight is 354 g/mol. The summed E-state index contributed by atoms with van der Waals surface area (Å²) in [5, 5.41) is 2.88. The Morgan fingerprint density at radius 3 is 2.48 bits per heavy atom. The van der Waals surface area contributed by atoms with Crippen molar-refractivity contribution in [3.8, 4) is 5.75 Å². The molecule has 0 atom stereocenters. The lowest BCUT2D eigenvalue weighted by atomic mass is 10.0. The van der Waals surface area contributed by atoms with Gasteiger partial charge < -0.3 is 10.1 Å². The van der Waals surface area contributed by atoms with Gasteiger partial charge in [0, 0.05) is 16.2 Å². The van der Waals surface area contributed by atoms with Crippen LogP contribution in [-0.2, 0) is 13.8 Å². The summed E-state index contributed by atoms with van der Waals surface area (Å²) in [5.74, 6) is -0.0721. The Morgan fingerprint density at radius 2 is 2.00 bits per heavy atom. The minimum absolute atomic E-state index is 0.0688. The minimum atomic E-state index is -3.85. The van der Waals surface area contributed by atoms with Crippen molar-refractivity contribution in [1.29, 1.82) is 0 Å². The molecule has 0 bridgehead atoms. The average Bonchev–Trinajstić information content (AvgIpc) is 2.35. The van der Waals surface area contributed by atoms with E-state index in [4.69, 9.17) is 27.0 Å². The molecule has 0 radical (unpaired) electrons. The number of halogens is 2. The van der Waals surface area contributed by atoms with Gasteiger partial charge in [0.2, 0.25) is 0 Å². The van der Waals surface area contributed by atoms with Crippen LogP contribution in [0.4, 0.5) is 0 Å². The van der Waals surface area contributed by atoms with Crippen molar-refractivity contribution in [2.75, 3.05) is 6.61 Å². The second-order valence-electron chi connectivity index (χ2n) is 5.10. The summed E-state index contributed by atoms with van der Waals surface area (Å²) in [6.07, 6.45) is 0.780. The van der Waals surface area contributed by atoms with E-state index in [1.807, 2.05) is 20.8 Å². The number of carbonyl (C=O) groups excluding carboxylic acids is 1. The number of hydrogen-bond acceptors (Lipinski definition) is 4. The van der Waals surface area contributed by atoms with Gasteiger partial charge in [-0.2, -0.15) is 0 Å². The standard InChI is InChI=1S/C13H17Cl2NO4S/c1-4-13(2,3)16-12(17)8-20-11-6-5-9(7-10(11)14)21(15,18)19/h5-7H,4,8H2,1-3H3,(H,16,17). The summed E-state index contributed by atoms with van der Waals surface area (Å²) in [4.78, 5) is 11.6. The number of amides is 1. The van der Waals surface area contributed by atoms with E-state index >= 15 is 0 Å². The third-order valence-corrected chi connectivity index (χ3v) is 4.55. The lowest BCUT2D eigenvalue weighted by molar-refractivity contribution is -0.124. The first kappa shape index (κ1) is 18.1. The normalized spacial score (nSPS) is 12.0. The van der Waals surface area contributed by atoms with E-state index in [-0.39, 0.29) is 33.7 Å². The molecule has 0 unspecified atom stereocenters. The second-order valence-corrected chi connectivity index (χ2v) is 8.08. The Labute approximate surface area is 134 Å². The van der Waals surface area contributed by atoms with Crippen LogP contribution >= 0.6 is 22.3 Å². The lowest BCUT2D eigenvalue weighted by Crippen LogP contribution is -2.44. The van der Waals surface area contributed by atoms with Crippen LogP contribution in [0.15, 0.2) is 23.1 Å². The van der Waals surface area contributed by atoms with Crippen LogP contribution in [0.1, 0.15) is 27.2 Å². The van der Waals surface area contributed by atoms with E-state index in [1.54, 1.807) is 0 Å². The maximum atomic E-state index is 11.7. The number of rotatable bonds is 6. The molecule has 21 heavy (non-hydrogen) atoms. The number of nitrogens with one attached hydrogen (secondary N) is 1. The molecular formula is C13H17Cl2NO4S. The largest absolute Gasteiger partial charge is 0.482 e. The number of hydrogen-bond donors (Lipinski definition) is 1. The summed E-state index contributed by atoms with van der Waals surface area (Å²) >= 11 is 5.90. The van der Waals surface area contributed by atoms with Crippen LogP contribution in [-0.4, -0.2) is 26.5 Å². The molecule has 1 aromatic rings. The Bertz CT molecular complexity index is 629. The van der Waals surface area contributed by atoms with E-state index in [0.29, 0.717) is 0 Å². The fourth-order valence-corrected chi connectivity index (χ4v) is 2.47. The highest BCUT2D eigenvalue weighted by Gasteiger charge is 2.18.